The highest BCUT2D eigenvalue weighted by Crippen LogP contribution is 2.43. The van der Waals surface area contributed by atoms with E-state index in [1.54, 1.807) is 0 Å². The largest absolute Gasteiger partial charge is 0.325 e. The molecule has 1 heterocycles. The molecule has 0 radical (unpaired) electrons. The van der Waals surface area contributed by atoms with Gasteiger partial charge >= 0.3 is 0 Å². The van der Waals surface area contributed by atoms with Gasteiger partial charge in [0.05, 0.1) is 10.1 Å². The number of alkyl halides is 1. The molecule has 0 bridgehead atoms. The Hall–Kier alpha value is -1.44. The van der Waals surface area contributed by atoms with Gasteiger partial charge in [0.25, 0.3) is 0 Å². The molecule has 0 aromatic heterocycles. The Kier molecular flexibility index (Phi) is 3.26. The number of nitrogens with one attached hydrogen (secondary N) is 2. The van der Waals surface area contributed by atoms with Crippen molar-refractivity contribution >= 4 is 45.8 Å². The highest BCUT2D eigenvalue weighted by Gasteiger charge is 2.49. The second-order valence-corrected chi connectivity index (χ2v) is 5.44. The lowest BCUT2D eigenvalue weighted by molar-refractivity contribution is -0.122. The first kappa shape index (κ1) is 12.6. The first-order valence-electron chi connectivity index (χ1n) is 6.02. The smallest absolute Gasteiger partial charge is 0.243 e. The minimum Gasteiger partial charge on any atom is -0.325 e. The van der Waals surface area contributed by atoms with Gasteiger partial charge in [0, 0.05) is 17.5 Å². The highest BCUT2D eigenvalue weighted by molar-refractivity contribution is 14.1. The Bertz CT molecular complexity index is 568. The van der Waals surface area contributed by atoms with E-state index in [2.05, 4.69) is 15.8 Å². The fraction of sp³-hybridized carbons (Fsp3) is 0.308. The lowest BCUT2D eigenvalue weighted by Crippen LogP contribution is -2.28. The number of benzene rings is 1. The Balaban J connectivity index is 1.76. The van der Waals surface area contributed by atoms with Crippen LogP contribution < -0.4 is 10.7 Å². The van der Waals surface area contributed by atoms with Crippen LogP contribution in [-0.2, 0) is 9.59 Å². The first-order chi connectivity index (χ1) is 9.19. The molecule has 2 atom stereocenters. The number of rotatable bonds is 3. The summed E-state index contributed by atoms with van der Waals surface area (Å²) in [4.78, 5) is 22.6. The van der Waals surface area contributed by atoms with E-state index in [1.807, 2.05) is 46.9 Å². The number of carbonyl (C=O) groups is 2. The molecule has 1 aromatic rings. The molecule has 2 amide bonds. The van der Waals surface area contributed by atoms with Gasteiger partial charge in [-0.1, -0.05) is 34.7 Å². The molecule has 2 aliphatic rings. The number of nitrogens with zero attached hydrogens (tertiary/aromatic N) is 1. The van der Waals surface area contributed by atoms with E-state index >= 15 is 0 Å². The lowest BCUT2D eigenvalue weighted by atomic mass is 10.0. The van der Waals surface area contributed by atoms with Gasteiger partial charge < -0.3 is 5.32 Å². The molecule has 1 fully saturated rings. The molecular formula is C13H12IN3O2. The van der Waals surface area contributed by atoms with E-state index in [0.29, 0.717) is 4.43 Å². The molecule has 98 valence electrons. The van der Waals surface area contributed by atoms with Crippen LogP contribution in [0.1, 0.15) is 12.0 Å². The summed E-state index contributed by atoms with van der Waals surface area (Å²) in [6.07, 6.45) is 0.887. The highest BCUT2D eigenvalue weighted by atomic mass is 127. The molecule has 1 aliphatic carbocycles. The normalized spacial score (nSPS) is 24.1. The van der Waals surface area contributed by atoms with Crippen molar-refractivity contribution in [3.63, 3.8) is 0 Å². The van der Waals surface area contributed by atoms with Crippen LogP contribution in [0.15, 0.2) is 29.4 Å². The number of fused-ring (bicyclic) bond motifs is 1. The number of anilines is 1. The second-order valence-electron chi connectivity index (χ2n) is 4.68. The molecule has 5 nitrogen and oxygen atoms in total. The molecule has 1 saturated carbocycles. The molecule has 6 heteroatoms. The van der Waals surface area contributed by atoms with Crippen molar-refractivity contribution in [3.8, 4) is 0 Å². The van der Waals surface area contributed by atoms with E-state index in [1.165, 1.54) is 0 Å². The minimum absolute atomic E-state index is 0.0159. The van der Waals surface area contributed by atoms with E-state index < -0.39 is 0 Å². The molecular weight excluding hydrogens is 357 g/mol. The van der Waals surface area contributed by atoms with Crippen molar-refractivity contribution in [2.24, 2.45) is 16.9 Å². The van der Waals surface area contributed by atoms with Gasteiger partial charge in [-0.2, -0.15) is 5.10 Å². The third-order valence-electron chi connectivity index (χ3n) is 3.35. The number of halogens is 1. The van der Waals surface area contributed by atoms with Crippen LogP contribution in [0, 0.1) is 11.8 Å². The van der Waals surface area contributed by atoms with Gasteiger partial charge in [-0.25, -0.2) is 5.43 Å². The molecule has 1 aliphatic heterocycles. The monoisotopic (exact) mass is 369 g/mol. The summed E-state index contributed by atoms with van der Waals surface area (Å²) in [6.45, 7) is 0. The number of hydrogen-bond donors (Lipinski definition) is 2. The second kappa shape index (κ2) is 4.92. The Labute approximate surface area is 124 Å². The van der Waals surface area contributed by atoms with Gasteiger partial charge in [0.2, 0.25) is 11.8 Å². The standard InChI is InChI=1S/C13H12IN3O2/c14-6-11(18)15-8-3-1-7(2-4-8)12-9-5-10(9)13(19)17-16-12/h1-4,9-10H,5-6H2,(H,15,18)(H,17,19). The predicted molar refractivity (Wildman–Crippen MR) is 80.2 cm³/mol. The van der Waals surface area contributed by atoms with Gasteiger partial charge in [0.15, 0.2) is 0 Å². The number of carbonyl (C=O) groups excluding carboxylic acids is 2. The maximum atomic E-state index is 11.4. The molecule has 0 saturated heterocycles. The van der Waals surface area contributed by atoms with Gasteiger partial charge in [-0.3, -0.25) is 9.59 Å². The average molecular weight is 369 g/mol. The van der Waals surface area contributed by atoms with Crippen LogP contribution in [0.25, 0.3) is 0 Å². The fourth-order valence-corrected chi connectivity index (χ4v) is 2.46. The summed E-state index contributed by atoms with van der Waals surface area (Å²) in [5, 5.41) is 6.93. The minimum atomic E-state index is -0.0159. The zero-order valence-corrected chi connectivity index (χ0v) is 12.2. The van der Waals surface area contributed by atoms with Crippen molar-refractivity contribution in [2.75, 3.05) is 9.74 Å². The summed E-state index contributed by atoms with van der Waals surface area (Å²) in [5.74, 6) is 0.381. The van der Waals surface area contributed by atoms with Crippen LogP contribution in [0.3, 0.4) is 0 Å². The number of hydrazone groups is 1. The van der Waals surface area contributed by atoms with E-state index in [4.69, 9.17) is 0 Å². The van der Waals surface area contributed by atoms with Crippen molar-refractivity contribution in [1.29, 1.82) is 0 Å². The molecule has 3 rings (SSSR count). The van der Waals surface area contributed by atoms with Crippen molar-refractivity contribution in [3.05, 3.63) is 29.8 Å². The third kappa shape index (κ3) is 2.49. The van der Waals surface area contributed by atoms with Gasteiger partial charge in [-0.05, 0) is 24.1 Å². The van der Waals surface area contributed by atoms with Crippen LogP contribution in [0.2, 0.25) is 0 Å². The van der Waals surface area contributed by atoms with E-state index in [9.17, 15) is 9.59 Å². The average Bonchev–Trinajstić information content (AvgIpc) is 3.21. The predicted octanol–water partition coefficient (Wildman–Crippen LogP) is 1.53. The quantitative estimate of drug-likeness (QED) is 0.627. The van der Waals surface area contributed by atoms with Crippen molar-refractivity contribution < 1.29 is 9.59 Å². The Morgan fingerprint density at radius 2 is 2.11 bits per heavy atom. The zero-order valence-electron chi connectivity index (χ0n) is 10.0. The van der Waals surface area contributed by atoms with Gasteiger partial charge in [-0.15, -0.1) is 0 Å². The summed E-state index contributed by atoms with van der Waals surface area (Å²) in [5.41, 5.74) is 5.27. The van der Waals surface area contributed by atoms with Crippen LogP contribution in [0.4, 0.5) is 5.69 Å². The van der Waals surface area contributed by atoms with Crippen molar-refractivity contribution in [1.82, 2.24) is 5.43 Å². The Morgan fingerprint density at radius 1 is 1.37 bits per heavy atom. The maximum Gasteiger partial charge on any atom is 0.243 e. The van der Waals surface area contributed by atoms with Crippen LogP contribution in [-0.4, -0.2) is 22.0 Å². The summed E-state index contributed by atoms with van der Waals surface area (Å²) < 4.78 is 0.433. The van der Waals surface area contributed by atoms with E-state index in [0.717, 1.165) is 23.4 Å². The van der Waals surface area contributed by atoms with Crippen LogP contribution in [0.5, 0.6) is 0 Å². The van der Waals surface area contributed by atoms with E-state index in [-0.39, 0.29) is 23.7 Å². The lowest BCUT2D eigenvalue weighted by Gasteiger charge is -2.12. The zero-order chi connectivity index (χ0) is 13.4. The van der Waals surface area contributed by atoms with Crippen molar-refractivity contribution in [2.45, 2.75) is 6.42 Å². The van der Waals surface area contributed by atoms with Gasteiger partial charge in [0.1, 0.15) is 0 Å². The van der Waals surface area contributed by atoms with Crippen LogP contribution >= 0.6 is 22.6 Å². The summed E-state index contributed by atoms with van der Waals surface area (Å²) in [6, 6.07) is 7.56. The number of amides is 2. The molecule has 2 unspecified atom stereocenters. The fourth-order valence-electron chi connectivity index (χ4n) is 2.27. The SMILES string of the molecule is O=C(CI)Nc1ccc(C2=NNC(=O)C3CC23)cc1. The summed E-state index contributed by atoms with van der Waals surface area (Å²) in [7, 11) is 0. The summed E-state index contributed by atoms with van der Waals surface area (Å²) >= 11 is 2.02. The molecule has 19 heavy (non-hydrogen) atoms. The molecule has 0 spiro atoms. The number of hydrogen-bond acceptors (Lipinski definition) is 3. The Morgan fingerprint density at radius 3 is 2.79 bits per heavy atom. The first-order valence-corrected chi connectivity index (χ1v) is 7.55. The topological polar surface area (TPSA) is 70.6 Å². The maximum absolute atomic E-state index is 11.4. The molecule has 2 N–H and O–H groups in total. The molecule has 1 aromatic carbocycles. The third-order valence-corrected chi connectivity index (χ3v) is 4.04.